The van der Waals surface area contributed by atoms with E-state index in [1.54, 1.807) is 12.1 Å². The summed E-state index contributed by atoms with van der Waals surface area (Å²) in [5, 5.41) is 12.1. The van der Waals surface area contributed by atoms with E-state index in [0.717, 1.165) is 17.4 Å². The fraction of sp³-hybridized carbons (Fsp3) is 0.350. The number of anilines is 1. The van der Waals surface area contributed by atoms with Crippen LogP contribution in [0.25, 0.3) is 22.6 Å². The summed E-state index contributed by atoms with van der Waals surface area (Å²) >= 11 is 0. The molecule has 0 saturated carbocycles. The highest BCUT2D eigenvalue weighted by molar-refractivity contribution is 7.46. The molecule has 1 amide bonds. The summed E-state index contributed by atoms with van der Waals surface area (Å²) < 4.78 is 48.5. The number of carbonyl (C=O) groups is 1. The average molecular weight is 510 g/mol. The van der Waals surface area contributed by atoms with Gasteiger partial charge in [-0.1, -0.05) is 13.0 Å². The van der Waals surface area contributed by atoms with Crippen molar-refractivity contribution in [3.05, 3.63) is 42.3 Å². The minimum atomic E-state index is -5.00. The zero-order valence-electron chi connectivity index (χ0n) is 18.4. The molecule has 0 aliphatic carbocycles. The van der Waals surface area contributed by atoms with E-state index in [9.17, 15) is 18.1 Å². The number of carbonyl (C=O) groups excluding carboxylic acids is 1. The lowest BCUT2D eigenvalue weighted by Crippen LogP contribution is -2.34. The fourth-order valence-electron chi connectivity index (χ4n) is 3.49. The maximum Gasteiger partial charge on any atom is 0.470 e. The second-order valence-corrected chi connectivity index (χ2v) is 8.82. The summed E-state index contributed by atoms with van der Waals surface area (Å²) in [5.74, 6) is -0.314. The van der Waals surface area contributed by atoms with E-state index in [4.69, 9.17) is 14.5 Å². The lowest BCUT2D eigenvalue weighted by atomic mass is 10.1. The number of phosphoric ester groups is 1. The van der Waals surface area contributed by atoms with Crippen molar-refractivity contribution in [1.29, 1.82) is 0 Å². The van der Waals surface area contributed by atoms with Gasteiger partial charge in [-0.15, -0.1) is 10.2 Å². The maximum atomic E-state index is 14.9. The predicted molar refractivity (Wildman–Crippen MR) is 117 cm³/mol. The Bertz CT molecular complexity index is 1250. The first-order valence-corrected chi connectivity index (χ1v) is 12.0. The SMILES string of the molecule is CCCn1nnc(-c2ccc(-c3ccc(N4C[C@H](C(CF)OP(=O)(O)O)OC4=O)cc3F)cn2)n1. The molecule has 12 nitrogen and oxygen atoms in total. The molecule has 15 heteroatoms. The van der Waals surface area contributed by atoms with Crippen LogP contribution in [0.2, 0.25) is 0 Å². The molecular formula is C20H21F2N6O6P. The van der Waals surface area contributed by atoms with E-state index in [1.807, 2.05) is 6.92 Å². The highest BCUT2D eigenvalue weighted by Gasteiger charge is 2.41. The van der Waals surface area contributed by atoms with Crippen LogP contribution in [-0.4, -0.2) is 66.5 Å². The molecule has 3 aromatic rings. The maximum absolute atomic E-state index is 14.9. The van der Waals surface area contributed by atoms with E-state index in [1.165, 1.54) is 23.1 Å². The first-order valence-electron chi connectivity index (χ1n) is 10.5. The summed E-state index contributed by atoms with van der Waals surface area (Å²) in [6.07, 6.45) is -1.57. The van der Waals surface area contributed by atoms with Gasteiger partial charge in [0, 0.05) is 17.3 Å². The second kappa shape index (κ2) is 10.1. The molecule has 0 bridgehead atoms. The third-order valence-corrected chi connectivity index (χ3v) is 5.66. The summed E-state index contributed by atoms with van der Waals surface area (Å²) in [6.45, 7) is 1.04. The van der Waals surface area contributed by atoms with Crippen molar-refractivity contribution in [3.8, 4) is 22.6 Å². The minimum absolute atomic E-state index is 0.119. The highest BCUT2D eigenvalue weighted by atomic mass is 31.2. The Morgan fingerprint density at radius 2 is 2.11 bits per heavy atom. The largest absolute Gasteiger partial charge is 0.470 e. The lowest BCUT2D eigenvalue weighted by Gasteiger charge is -2.19. The molecule has 1 saturated heterocycles. The van der Waals surface area contributed by atoms with Crippen LogP contribution in [0, 0.1) is 5.82 Å². The van der Waals surface area contributed by atoms with E-state index in [2.05, 4.69) is 24.9 Å². The Kier molecular flexibility index (Phi) is 7.17. The summed E-state index contributed by atoms with van der Waals surface area (Å²) in [5.41, 5.74) is 1.27. The van der Waals surface area contributed by atoms with Crippen molar-refractivity contribution in [2.24, 2.45) is 0 Å². The number of hydrogen-bond donors (Lipinski definition) is 2. The van der Waals surface area contributed by atoms with Crippen molar-refractivity contribution in [3.63, 3.8) is 0 Å². The van der Waals surface area contributed by atoms with Crippen LogP contribution in [-0.2, 0) is 20.4 Å². The van der Waals surface area contributed by atoms with E-state index in [0.29, 0.717) is 23.6 Å². The number of benzene rings is 1. The molecule has 1 aromatic carbocycles. The van der Waals surface area contributed by atoms with Crippen LogP contribution in [0.4, 0.5) is 19.3 Å². The lowest BCUT2D eigenvalue weighted by molar-refractivity contribution is 0.0162. The van der Waals surface area contributed by atoms with Crippen molar-refractivity contribution in [1.82, 2.24) is 25.2 Å². The molecule has 35 heavy (non-hydrogen) atoms. The van der Waals surface area contributed by atoms with Crippen LogP contribution < -0.4 is 4.90 Å². The molecule has 2 aromatic heterocycles. The summed E-state index contributed by atoms with van der Waals surface area (Å²) in [4.78, 5) is 36.8. The third-order valence-electron chi connectivity index (χ3n) is 5.12. The Balaban J connectivity index is 1.49. The highest BCUT2D eigenvalue weighted by Crippen LogP contribution is 2.40. The van der Waals surface area contributed by atoms with Crippen molar-refractivity contribution in [2.75, 3.05) is 18.1 Å². The first-order chi connectivity index (χ1) is 16.7. The minimum Gasteiger partial charge on any atom is -0.441 e. The number of ether oxygens (including phenoxy) is 1. The van der Waals surface area contributed by atoms with E-state index >= 15 is 0 Å². The van der Waals surface area contributed by atoms with Gasteiger partial charge in [0.15, 0.2) is 6.10 Å². The van der Waals surface area contributed by atoms with Gasteiger partial charge in [0.25, 0.3) is 0 Å². The van der Waals surface area contributed by atoms with Gasteiger partial charge < -0.3 is 14.5 Å². The number of nitrogens with zero attached hydrogens (tertiary/aromatic N) is 6. The third kappa shape index (κ3) is 5.68. The number of alkyl halides is 1. The second-order valence-electron chi connectivity index (χ2n) is 7.63. The molecule has 1 aliphatic rings. The fourth-order valence-corrected chi connectivity index (χ4v) is 4.04. The molecule has 0 spiro atoms. The van der Waals surface area contributed by atoms with E-state index in [-0.39, 0.29) is 17.8 Å². The Hall–Kier alpha value is -3.32. The Morgan fingerprint density at radius 3 is 2.74 bits per heavy atom. The molecule has 1 unspecified atom stereocenters. The van der Waals surface area contributed by atoms with Gasteiger partial charge in [-0.25, -0.2) is 18.1 Å². The molecule has 3 heterocycles. The standard InChI is InChI=1S/C20H21F2N6O6P/c1-2-7-28-25-19(24-26-28)16-6-3-12(10-23-16)14-5-4-13(8-15(14)22)27-11-18(33-20(27)29)17(9-21)34-35(30,31)32/h3-6,8,10,17-18H,2,7,9,11H2,1H3,(H2,30,31,32)/t17?,18-/m1/s1. The molecule has 4 rings (SSSR count). The van der Waals surface area contributed by atoms with E-state index < -0.39 is 38.6 Å². The molecule has 186 valence electrons. The molecule has 2 atom stereocenters. The number of aryl methyl sites for hydroxylation is 1. The molecule has 1 fully saturated rings. The average Bonchev–Trinajstić information content (AvgIpc) is 3.44. The predicted octanol–water partition coefficient (Wildman–Crippen LogP) is 2.72. The Morgan fingerprint density at radius 1 is 1.31 bits per heavy atom. The quantitative estimate of drug-likeness (QED) is 0.411. The van der Waals surface area contributed by atoms with Crippen molar-refractivity contribution < 1.29 is 37.2 Å². The summed E-state index contributed by atoms with van der Waals surface area (Å²) in [7, 11) is -5.00. The molecule has 1 aliphatic heterocycles. The zero-order chi connectivity index (χ0) is 25.2. The van der Waals surface area contributed by atoms with Gasteiger partial charge in [-0.2, -0.15) is 4.80 Å². The number of rotatable bonds is 9. The zero-order valence-corrected chi connectivity index (χ0v) is 19.3. The van der Waals surface area contributed by atoms with Crippen LogP contribution in [0.3, 0.4) is 0 Å². The van der Waals surface area contributed by atoms with Gasteiger partial charge >= 0.3 is 13.9 Å². The normalized spacial score (nSPS) is 17.0. The first kappa shape index (κ1) is 24.8. The van der Waals surface area contributed by atoms with Gasteiger partial charge in [-0.05, 0) is 35.9 Å². The van der Waals surface area contributed by atoms with Crippen molar-refractivity contribution in [2.45, 2.75) is 32.1 Å². The monoisotopic (exact) mass is 510 g/mol. The number of tetrazole rings is 1. The number of hydrogen-bond acceptors (Lipinski definition) is 8. The van der Waals surface area contributed by atoms with Crippen LogP contribution >= 0.6 is 7.82 Å². The Labute approximate surface area is 197 Å². The number of amides is 1. The molecule has 0 radical (unpaired) electrons. The van der Waals surface area contributed by atoms with Gasteiger partial charge in [0.1, 0.15) is 24.3 Å². The van der Waals surface area contributed by atoms with Crippen LogP contribution in [0.5, 0.6) is 0 Å². The number of phosphoric acid groups is 1. The van der Waals surface area contributed by atoms with Gasteiger partial charge in [-0.3, -0.25) is 14.4 Å². The van der Waals surface area contributed by atoms with Crippen molar-refractivity contribution >= 4 is 19.6 Å². The molecular weight excluding hydrogens is 489 g/mol. The number of halogens is 2. The van der Waals surface area contributed by atoms with Crippen LogP contribution in [0.15, 0.2) is 36.5 Å². The number of aromatic nitrogens is 5. The topological polar surface area (TPSA) is 153 Å². The number of pyridine rings is 1. The number of cyclic esters (lactones) is 1. The van der Waals surface area contributed by atoms with Gasteiger partial charge in [0.05, 0.1) is 18.8 Å². The summed E-state index contributed by atoms with van der Waals surface area (Å²) in [6, 6.07) is 7.28. The van der Waals surface area contributed by atoms with Gasteiger partial charge in [0.2, 0.25) is 5.82 Å². The van der Waals surface area contributed by atoms with Crippen LogP contribution in [0.1, 0.15) is 13.3 Å². The smallest absolute Gasteiger partial charge is 0.441 e. The molecule has 2 N–H and O–H groups in total.